The van der Waals surface area contributed by atoms with Gasteiger partial charge in [0.25, 0.3) is 0 Å². The third-order valence-corrected chi connectivity index (χ3v) is 5.00. The van der Waals surface area contributed by atoms with Gasteiger partial charge in [0.2, 0.25) is 15.9 Å². The van der Waals surface area contributed by atoms with Gasteiger partial charge in [-0.3, -0.25) is 0 Å². The first-order valence-corrected chi connectivity index (χ1v) is 8.98. The summed E-state index contributed by atoms with van der Waals surface area (Å²) in [6, 6.07) is 5.08. The van der Waals surface area contributed by atoms with Crippen molar-refractivity contribution in [2.75, 3.05) is 6.54 Å². The number of sulfonamides is 1. The van der Waals surface area contributed by atoms with Gasteiger partial charge in [-0.25, -0.2) is 13.1 Å². The molecule has 1 aromatic heterocycles. The van der Waals surface area contributed by atoms with Crippen LogP contribution in [0.15, 0.2) is 27.6 Å². The summed E-state index contributed by atoms with van der Waals surface area (Å²) in [6.45, 7) is 9.99. The van der Waals surface area contributed by atoms with Gasteiger partial charge in [0.1, 0.15) is 0 Å². The second kappa shape index (κ2) is 6.41. The quantitative estimate of drug-likeness (QED) is 0.906. The number of aryl methyl sites for hydroxylation is 2. The molecule has 23 heavy (non-hydrogen) atoms. The fourth-order valence-corrected chi connectivity index (χ4v) is 3.04. The minimum absolute atomic E-state index is 0.218. The Morgan fingerprint density at radius 1 is 1.17 bits per heavy atom. The Hall–Kier alpha value is -1.73. The Bertz CT molecular complexity index is 789. The van der Waals surface area contributed by atoms with Crippen LogP contribution >= 0.6 is 0 Å². The van der Waals surface area contributed by atoms with E-state index in [0.717, 1.165) is 11.1 Å². The van der Waals surface area contributed by atoms with Gasteiger partial charge in [0.05, 0.1) is 4.90 Å². The van der Waals surface area contributed by atoms with E-state index >= 15 is 0 Å². The van der Waals surface area contributed by atoms with Crippen molar-refractivity contribution in [2.45, 2.75) is 51.3 Å². The lowest BCUT2D eigenvalue weighted by molar-refractivity contribution is 0.318. The maximum atomic E-state index is 12.3. The summed E-state index contributed by atoms with van der Waals surface area (Å²) in [5.41, 5.74) is 1.79. The van der Waals surface area contributed by atoms with Crippen LogP contribution in [-0.4, -0.2) is 25.1 Å². The molecule has 0 spiro atoms. The summed E-state index contributed by atoms with van der Waals surface area (Å²) in [6.07, 6.45) is 0.379. The average molecular weight is 337 g/mol. The van der Waals surface area contributed by atoms with Gasteiger partial charge in [-0.15, -0.1) is 0 Å². The number of hydrogen-bond donors (Lipinski definition) is 1. The van der Waals surface area contributed by atoms with Crippen LogP contribution in [0.4, 0.5) is 0 Å². The Kier molecular flexibility index (Phi) is 4.91. The van der Waals surface area contributed by atoms with E-state index in [1.165, 1.54) is 0 Å². The molecule has 2 rings (SSSR count). The first kappa shape index (κ1) is 17.6. The Morgan fingerprint density at radius 3 is 2.43 bits per heavy atom. The van der Waals surface area contributed by atoms with Crippen LogP contribution in [0.2, 0.25) is 0 Å². The number of aromatic nitrogens is 2. The molecule has 126 valence electrons. The van der Waals surface area contributed by atoms with E-state index in [0.29, 0.717) is 18.1 Å². The van der Waals surface area contributed by atoms with Crippen molar-refractivity contribution in [3.63, 3.8) is 0 Å². The second-order valence-corrected chi connectivity index (χ2v) is 8.43. The van der Waals surface area contributed by atoms with Gasteiger partial charge in [0, 0.05) is 18.4 Å². The van der Waals surface area contributed by atoms with E-state index < -0.39 is 10.0 Å². The molecule has 1 N–H and O–H groups in total. The van der Waals surface area contributed by atoms with Crippen LogP contribution in [-0.2, 0) is 21.9 Å². The van der Waals surface area contributed by atoms with Crippen LogP contribution in [0.1, 0.15) is 43.6 Å². The molecule has 1 heterocycles. The highest BCUT2D eigenvalue weighted by molar-refractivity contribution is 7.89. The standard InChI is InChI=1S/C16H23N3O3S/c1-11-6-7-13(10-12(11)2)23(20,21)17-9-8-14-18-15(22-19-14)16(3,4)5/h6-7,10,17H,8-9H2,1-5H3. The zero-order chi connectivity index (χ0) is 17.3. The summed E-state index contributed by atoms with van der Waals surface area (Å²) >= 11 is 0. The number of nitrogens with zero attached hydrogens (tertiary/aromatic N) is 2. The molecule has 0 bridgehead atoms. The minimum Gasteiger partial charge on any atom is -0.339 e. The van der Waals surface area contributed by atoms with E-state index in [4.69, 9.17) is 4.52 Å². The third kappa shape index (κ3) is 4.39. The van der Waals surface area contributed by atoms with E-state index in [1.54, 1.807) is 18.2 Å². The van der Waals surface area contributed by atoms with Crippen LogP contribution in [0, 0.1) is 13.8 Å². The Balaban J connectivity index is 2.00. The summed E-state index contributed by atoms with van der Waals surface area (Å²) in [4.78, 5) is 4.55. The molecule has 7 heteroatoms. The van der Waals surface area contributed by atoms with Gasteiger partial charge < -0.3 is 4.52 Å². The Morgan fingerprint density at radius 2 is 1.87 bits per heavy atom. The summed E-state index contributed by atoms with van der Waals surface area (Å²) < 4.78 is 32.3. The van der Waals surface area contributed by atoms with Crippen molar-refractivity contribution >= 4 is 10.0 Å². The average Bonchev–Trinajstić information content (AvgIpc) is 2.90. The van der Waals surface area contributed by atoms with Crippen LogP contribution in [0.25, 0.3) is 0 Å². The molecule has 0 saturated heterocycles. The normalized spacial score (nSPS) is 12.6. The zero-order valence-electron chi connectivity index (χ0n) is 14.2. The molecule has 0 atom stereocenters. The smallest absolute Gasteiger partial charge is 0.240 e. The maximum Gasteiger partial charge on any atom is 0.240 e. The Labute approximate surface area is 137 Å². The van der Waals surface area contributed by atoms with E-state index in [-0.39, 0.29) is 16.9 Å². The fraction of sp³-hybridized carbons (Fsp3) is 0.500. The first-order valence-electron chi connectivity index (χ1n) is 7.49. The number of nitrogens with one attached hydrogen (secondary N) is 1. The van der Waals surface area contributed by atoms with Gasteiger partial charge in [-0.1, -0.05) is 32.0 Å². The maximum absolute atomic E-state index is 12.3. The topological polar surface area (TPSA) is 85.1 Å². The minimum atomic E-state index is -3.53. The van der Waals surface area contributed by atoms with Crippen LogP contribution in [0.5, 0.6) is 0 Å². The molecule has 0 unspecified atom stereocenters. The highest BCUT2D eigenvalue weighted by Gasteiger charge is 2.22. The van der Waals surface area contributed by atoms with Gasteiger partial charge in [-0.2, -0.15) is 4.98 Å². The summed E-state index contributed by atoms with van der Waals surface area (Å²) in [5, 5.41) is 3.88. The predicted molar refractivity (Wildman–Crippen MR) is 87.8 cm³/mol. The number of rotatable bonds is 5. The molecule has 6 nitrogen and oxygen atoms in total. The molecule has 0 aliphatic carbocycles. The van der Waals surface area contributed by atoms with Gasteiger partial charge >= 0.3 is 0 Å². The van der Waals surface area contributed by atoms with Crippen molar-refractivity contribution in [1.29, 1.82) is 0 Å². The van der Waals surface area contributed by atoms with Crippen molar-refractivity contribution in [2.24, 2.45) is 0 Å². The van der Waals surface area contributed by atoms with E-state index in [1.807, 2.05) is 34.6 Å². The van der Waals surface area contributed by atoms with Gasteiger partial charge in [-0.05, 0) is 37.1 Å². The van der Waals surface area contributed by atoms with Gasteiger partial charge in [0.15, 0.2) is 5.82 Å². The molecule has 2 aromatic rings. The lowest BCUT2D eigenvalue weighted by Gasteiger charge is -2.10. The highest BCUT2D eigenvalue weighted by Crippen LogP contribution is 2.19. The van der Waals surface area contributed by atoms with Crippen LogP contribution in [0.3, 0.4) is 0 Å². The van der Waals surface area contributed by atoms with E-state index in [2.05, 4.69) is 14.9 Å². The lowest BCUT2D eigenvalue weighted by atomic mass is 9.97. The number of hydrogen-bond acceptors (Lipinski definition) is 5. The first-order chi connectivity index (χ1) is 10.6. The van der Waals surface area contributed by atoms with Crippen molar-refractivity contribution in [1.82, 2.24) is 14.9 Å². The molecule has 0 amide bonds. The van der Waals surface area contributed by atoms with Crippen molar-refractivity contribution < 1.29 is 12.9 Å². The third-order valence-electron chi connectivity index (χ3n) is 3.54. The molecular formula is C16H23N3O3S. The van der Waals surface area contributed by atoms with Crippen molar-refractivity contribution in [3.8, 4) is 0 Å². The van der Waals surface area contributed by atoms with Crippen molar-refractivity contribution in [3.05, 3.63) is 41.0 Å². The van der Waals surface area contributed by atoms with E-state index in [9.17, 15) is 8.42 Å². The fourth-order valence-electron chi connectivity index (χ4n) is 1.92. The largest absolute Gasteiger partial charge is 0.339 e. The highest BCUT2D eigenvalue weighted by atomic mass is 32.2. The SMILES string of the molecule is Cc1ccc(S(=O)(=O)NCCc2noc(C(C)(C)C)n2)cc1C. The molecule has 0 saturated carbocycles. The lowest BCUT2D eigenvalue weighted by Crippen LogP contribution is -2.26. The monoisotopic (exact) mass is 337 g/mol. The molecule has 0 fully saturated rings. The van der Waals surface area contributed by atoms with Crippen LogP contribution < -0.4 is 4.72 Å². The second-order valence-electron chi connectivity index (χ2n) is 6.66. The summed E-state index contributed by atoms with van der Waals surface area (Å²) in [7, 11) is -3.53. The predicted octanol–water partition coefficient (Wildman–Crippen LogP) is 2.50. The summed E-state index contributed by atoms with van der Waals surface area (Å²) in [5.74, 6) is 1.04. The molecule has 0 aliphatic heterocycles. The molecular weight excluding hydrogens is 314 g/mol. The number of benzene rings is 1. The zero-order valence-corrected chi connectivity index (χ0v) is 15.0. The molecule has 0 aliphatic rings. The molecule has 0 radical (unpaired) electrons. The molecule has 1 aromatic carbocycles.